The summed E-state index contributed by atoms with van der Waals surface area (Å²) in [6.45, 7) is 1.85. The normalized spacial score (nSPS) is 21.4. The smallest absolute Gasteiger partial charge is 0.318 e. The molecular formula is C11H11NO2. The standard InChI is InChI=1S/C11H11NO2/c1-8-7-10(12-14-11(8)13)9-5-3-2-4-6-9/h2-6,8H,7H2,1H3. The van der Waals surface area contributed by atoms with Gasteiger partial charge in [0.15, 0.2) is 0 Å². The van der Waals surface area contributed by atoms with Gasteiger partial charge in [0.2, 0.25) is 0 Å². The van der Waals surface area contributed by atoms with Crippen LogP contribution < -0.4 is 0 Å². The van der Waals surface area contributed by atoms with Gasteiger partial charge in [-0.3, -0.25) is 0 Å². The molecule has 0 aliphatic carbocycles. The Morgan fingerprint density at radius 2 is 2.07 bits per heavy atom. The van der Waals surface area contributed by atoms with Crippen LogP contribution >= 0.6 is 0 Å². The molecule has 0 bridgehead atoms. The van der Waals surface area contributed by atoms with Crippen molar-refractivity contribution in [1.82, 2.24) is 0 Å². The predicted molar refractivity (Wildman–Crippen MR) is 52.9 cm³/mol. The molecule has 0 saturated carbocycles. The molecule has 0 N–H and O–H groups in total. The summed E-state index contributed by atoms with van der Waals surface area (Å²) in [5.41, 5.74) is 1.87. The second kappa shape index (κ2) is 3.62. The van der Waals surface area contributed by atoms with Gasteiger partial charge < -0.3 is 4.84 Å². The molecular weight excluding hydrogens is 178 g/mol. The Morgan fingerprint density at radius 1 is 1.36 bits per heavy atom. The zero-order valence-corrected chi connectivity index (χ0v) is 7.93. The van der Waals surface area contributed by atoms with Crippen LogP contribution in [0.1, 0.15) is 18.9 Å². The van der Waals surface area contributed by atoms with Crippen molar-refractivity contribution in [3.63, 3.8) is 0 Å². The first-order valence-electron chi connectivity index (χ1n) is 4.60. The lowest BCUT2D eigenvalue weighted by molar-refractivity contribution is -0.148. The Kier molecular flexibility index (Phi) is 2.31. The number of rotatable bonds is 1. The van der Waals surface area contributed by atoms with E-state index in [9.17, 15) is 4.79 Å². The molecule has 1 unspecified atom stereocenters. The highest BCUT2D eigenvalue weighted by atomic mass is 16.7. The van der Waals surface area contributed by atoms with Gasteiger partial charge >= 0.3 is 5.97 Å². The van der Waals surface area contributed by atoms with Crippen molar-refractivity contribution in [3.8, 4) is 0 Å². The van der Waals surface area contributed by atoms with Crippen molar-refractivity contribution in [2.75, 3.05) is 0 Å². The molecule has 1 aliphatic rings. The van der Waals surface area contributed by atoms with E-state index in [-0.39, 0.29) is 11.9 Å². The maximum Gasteiger partial charge on any atom is 0.338 e. The Labute approximate surface area is 82.4 Å². The molecule has 1 aliphatic heterocycles. The molecule has 0 saturated heterocycles. The third-order valence-corrected chi connectivity index (χ3v) is 2.25. The quantitative estimate of drug-likeness (QED) is 0.633. The van der Waals surface area contributed by atoms with Gasteiger partial charge in [0.1, 0.15) is 0 Å². The summed E-state index contributed by atoms with van der Waals surface area (Å²) >= 11 is 0. The molecule has 0 radical (unpaired) electrons. The Hall–Kier alpha value is -1.64. The van der Waals surface area contributed by atoms with E-state index in [2.05, 4.69) is 5.16 Å². The molecule has 0 fully saturated rings. The van der Waals surface area contributed by atoms with E-state index >= 15 is 0 Å². The van der Waals surface area contributed by atoms with Crippen molar-refractivity contribution in [2.24, 2.45) is 11.1 Å². The Balaban J connectivity index is 2.25. The van der Waals surface area contributed by atoms with Crippen LogP contribution in [0.25, 0.3) is 0 Å². The fourth-order valence-electron chi connectivity index (χ4n) is 1.40. The first-order chi connectivity index (χ1) is 6.77. The van der Waals surface area contributed by atoms with Crippen LogP contribution in [0.5, 0.6) is 0 Å². The Bertz CT molecular complexity index is 370. The van der Waals surface area contributed by atoms with Crippen LogP contribution in [-0.2, 0) is 9.63 Å². The average Bonchev–Trinajstić information content (AvgIpc) is 2.23. The van der Waals surface area contributed by atoms with Gasteiger partial charge in [-0.2, -0.15) is 0 Å². The van der Waals surface area contributed by atoms with E-state index in [0.29, 0.717) is 6.42 Å². The van der Waals surface area contributed by atoms with E-state index in [1.54, 1.807) is 0 Å². The lowest BCUT2D eigenvalue weighted by atomic mass is 9.98. The minimum absolute atomic E-state index is 0.0947. The van der Waals surface area contributed by atoms with Gasteiger partial charge in [0.25, 0.3) is 0 Å². The first kappa shape index (κ1) is 8.94. The van der Waals surface area contributed by atoms with Crippen LogP contribution in [0, 0.1) is 5.92 Å². The number of benzene rings is 1. The molecule has 1 aromatic rings. The fraction of sp³-hybridized carbons (Fsp3) is 0.273. The van der Waals surface area contributed by atoms with Gasteiger partial charge in [0, 0.05) is 6.42 Å². The number of hydrogen-bond acceptors (Lipinski definition) is 3. The molecule has 72 valence electrons. The van der Waals surface area contributed by atoms with Crippen molar-refractivity contribution >= 4 is 11.7 Å². The molecule has 1 heterocycles. The van der Waals surface area contributed by atoms with Crippen LogP contribution in [0.2, 0.25) is 0 Å². The first-order valence-corrected chi connectivity index (χ1v) is 4.60. The highest BCUT2D eigenvalue weighted by Gasteiger charge is 2.23. The second-order valence-corrected chi connectivity index (χ2v) is 3.42. The number of oxime groups is 1. The summed E-state index contributed by atoms with van der Waals surface area (Å²) in [5.74, 6) is -0.340. The summed E-state index contributed by atoms with van der Waals surface area (Å²) in [6, 6.07) is 9.76. The molecule has 14 heavy (non-hydrogen) atoms. The summed E-state index contributed by atoms with van der Waals surface area (Å²) in [6.07, 6.45) is 0.656. The highest BCUT2D eigenvalue weighted by Crippen LogP contribution is 2.17. The molecule has 0 amide bonds. The maximum atomic E-state index is 11.0. The highest BCUT2D eigenvalue weighted by molar-refractivity contribution is 6.03. The van der Waals surface area contributed by atoms with E-state index in [0.717, 1.165) is 11.3 Å². The van der Waals surface area contributed by atoms with Crippen molar-refractivity contribution in [1.29, 1.82) is 0 Å². The molecule has 0 aromatic heterocycles. The van der Waals surface area contributed by atoms with Crippen LogP contribution in [-0.4, -0.2) is 11.7 Å². The third kappa shape index (κ3) is 1.66. The summed E-state index contributed by atoms with van der Waals surface area (Å²) in [7, 11) is 0. The van der Waals surface area contributed by atoms with Crippen molar-refractivity contribution in [3.05, 3.63) is 35.9 Å². The molecule has 3 nitrogen and oxygen atoms in total. The Morgan fingerprint density at radius 3 is 2.71 bits per heavy atom. The summed E-state index contributed by atoms with van der Waals surface area (Å²) < 4.78 is 0. The number of nitrogens with zero attached hydrogens (tertiary/aromatic N) is 1. The molecule has 0 spiro atoms. The van der Waals surface area contributed by atoms with Gasteiger partial charge in [-0.05, 0) is 5.56 Å². The van der Waals surface area contributed by atoms with Gasteiger partial charge in [-0.25, -0.2) is 4.79 Å². The van der Waals surface area contributed by atoms with Crippen molar-refractivity contribution < 1.29 is 9.63 Å². The van der Waals surface area contributed by atoms with Gasteiger partial charge in [0.05, 0.1) is 11.6 Å². The predicted octanol–water partition coefficient (Wildman–Crippen LogP) is 1.97. The molecule has 2 rings (SSSR count). The maximum absolute atomic E-state index is 11.0. The summed E-state index contributed by atoms with van der Waals surface area (Å²) in [5, 5.41) is 3.80. The molecule has 1 aromatic carbocycles. The van der Waals surface area contributed by atoms with Crippen LogP contribution in [0.3, 0.4) is 0 Å². The molecule has 1 atom stereocenters. The monoisotopic (exact) mass is 189 g/mol. The minimum Gasteiger partial charge on any atom is -0.318 e. The number of carbonyl (C=O) groups excluding carboxylic acids is 1. The van der Waals surface area contributed by atoms with E-state index in [1.807, 2.05) is 37.3 Å². The van der Waals surface area contributed by atoms with Gasteiger partial charge in [-0.15, -0.1) is 0 Å². The van der Waals surface area contributed by atoms with Crippen molar-refractivity contribution in [2.45, 2.75) is 13.3 Å². The SMILES string of the molecule is CC1CC(c2ccccc2)=NOC1=O. The van der Waals surface area contributed by atoms with Crippen LogP contribution in [0.15, 0.2) is 35.5 Å². The summed E-state index contributed by atoms with van der Waals surface area (Å²) in [4.78, 5) is 15.7. The largest absolute Gasteiger partial charge is 0.338 e. The minimum atomic E-state index is -0.246. The van der Waals surface area contributed by atoms with E-state index < -0.39 is 0 Å². The van der Waals surface area contributed by atoms with Crippen LogP contribution in [0.4, 0.5) is 0 Å². The fourth-order valence-corrected chi connectivity index (χ4v) is 1.40. The average molecular weight is 189 g/mol. The van der Waals surface area contributed by atoms with E-state index in [4.69, 9.17) is 4.84 Å². The second-order valence-electron chi connectivity index (χ2n) is 3.42. The third-order valence-electron chi connectivity index (χ3n) is 2.25. The lowest BCUT2D eigenvalue weighted by Gasteiger charge is -2.15. The van der Waals surface area contributed by atoms with E-state index in [1.165, 1.54) is 0 Å². The topological polar surface area (TPSA) is 38.7 Å². The number of hydrogen-bond donors (Lipinski definition) is 0. The zero-order chi connectivity index (χ0) is 9.97. The zero-order valence-electron chi connectivity index (χ0n) is 7.93. The van der Waals surface area contributed by atoms with Gasteiger partial charge in [-0.1, -0.05) is 42.4 Å². The molecule has 3 heteroatoms. The lowest BCUT2D eigenvalue weighted by Crippen LogP contribution is -2.22. The number of carbonyl (C=O) groups is 1.